The van der Waals surface area contributed by atoms with Crippen LogP contribution in [0.3, 0.4) is 0 Å². The van der Waals surface area contributed by atoms with Crippen molar-refractivity contribution in [1.82, 2.24) is 10.2 Å². The molecule has 0 aliphatic carbocycles. The number of ether oxygens (including phenoxy) is 2. The first-order valence-corrected chi connectivity index (χ1v) is 10.4. The van der Waals surface area contributed by atoms with Gasteiger partial charge in [-0.05, 0) is 48.2 Å². The fraction of sp³-hybridized carbons (Fsp3) is 0.409. The molecule has 0 saturated carbocycles. The van der Waals surface area contributed by atoms with E-state index < -0.39 is 0 Å². The molecule has 0 atom stereocenters. The summed E-state index contributed by atoms with van der Waals surface area (Å²) < 4.78 is 10.5. The molecule has 0 radical (unpaired) electrons. The smallest absolute Gasteiger partial charge is 0.224 e. The molecule has 1 aliphatic heterocycles. The van der Waals surface area contributed by atoms with E-state index >= 15 is 0 Å². The van der Waals surface area contributed by atoms with Crippen LogP contribution in [0.25, 0.3) is 0 Å². The Kier molecular flexibility index (Phi) is 7.64. The van der Waals surface area contributed by atoms with Crippen molar-refractivity contribution >= 4 is 29.1 Å². The molecule has 1 amide bonds. The van der Waals surface area contributed by atoms with Gasteiger partial charge in [0.1, 0.15) is 11.5 Å². The number of nitrogens with zero attached hydrogens (tertiary/aromatic N) is 1. The van der Waals surface area contributed by atoms with E-state index in [4.69, 9.17) is 32.7 Å². The molecule has 1 N–H and O–H groups in total. The molecule has 156 valence electrons. The van der Waals surface area contributed by atoms with E-state index in [9.17, 15) is 4.79 Å². The van der Waals surface area contributed by atoms with E-state index in [-0.39, 0.29) is 11.9 Å². The zero-order chi connectivity index (χ0) is 20.8. The minimum Gasteiger partial charge on any atom is -0.497 e. The fourth-order valence-corrected chi connectivity index (χ4v) is 3.88. The molecule has 0 bridgehead atoms. The van der Waals surface area contributed by atoms with Crippen molar-refractivity contribution in [2.75, 3.05) is 27.3 Å². The number of amides is 1. The summed E-state index contributed by atoms with van der Waals surface area (Å²) in [5.41, 5.74) is 2.02. The Morgan fingerprint density at radius 1 is 1.00 bits per heavy atom. The van der Waals surface area contributed by atoms with Gasteiger partial charge in [0.25, 0.3) is 0 Å². The van der Waals surface area contributed by atoms with E-state index in [1.807, 2.05) is 30.3 Å². The molecule has 2 aromatic rings. The van der Waals surface area contributed by atoms with Crippen molar-refractivity contribution in [3.05, 3.63) is 57.6 Å². The Morgan fingerprint density at radius 2 is 1.66 bits per heavy atom. The minimum atomic E-state index is 0.0169. The molecule has 3 rings (SSSR count). The molecule has 0 aromatic heterocycles. The first-order valence-electron chi connectivity index (χ1n) is 9.64. The number of nitrogens with one attached hydrogen (secondary N) is 1. The standard InChI is InChI=1S/C22H26Cl2N2O3/c1-28-18-9-16(10-19(13-18)29-2)12-22(27)25-17-5-7-26(8-6-17)14-15-3-4-20(23)21(24)11-15/h3-4,9-11,13,17H,5-8,12,14H2,1-2H3,(H,25,27). The summed E-state index contributed by atoms with van der Waals surface area (Å²) in [4.78, 5) is 14.9. The van der Waals surface area contributed by atoms with E-state index in [1.165, 1.54) is 0 Å². The van der Waals surface area contributed by atoms with Gasteiger partial charge in [0.2, 0.25) is 5.91 Å². The summed E-state index contributed by atoms with van der Waals surface area (Å²) >= 11 is 12.1. The van der Waals surface area contributed by atoms with Crippen LogP contribution in [-0.2, 0) is 17.8 Å². The van der Waals surface area contributed by atoms with Crippen molar-refractivity contribution in [2.24, 2.45) is 0 Å². The van der Waals surface area contributed by atoms with Crippen LogP contribution in [0.4, 0.5) is 0 Å². The maximum Gasteiger partial charge on any atom is 0.224 e. The van der Waals surface area contributed by atoms with Crippen LogP contribution in [0, 0.1) is 0 Å². The molecular formula is C22H26Cl2N2O3. The molecule has 1 heterocycles. The molecule has 29 heavy (non-hydrogen) atoms. The Labute approximate surface area is 181 Å². The molecule has 5 nitrogen and oxygen atoms in total. The molecule has 0 spiro atoms. The molecule has 2 aromatic carbocycles. The number of benzene rings is 2. The van der Waals surface area contributed by atoms with Crippen molar-refractivity contribution in [1.29, 1.82) is 0 Å². The Morgan fingerprint density at radius 3 is 2.24 bits per heavy atom. The highest BCUT2D eigenvalue weighted by Crippen LogP contribution is 2.25. The average Bonchev–Trinajstić information content (AvgIpc) is 2.71. The number of carbonyl (C=O) groups is 1. The van der Waals surface area contributed by atoms with Gasteiger partial charge < -0.3 is 14.8 Å². The monoisotopic (exact) mass is 436 g/mol. The van der Waals surface area contributed by atoms with E-state index in [2.05, 4.69) is 10.2 Å². The maximum absolute atomic E-state index is 12.5. The lowest BCUT2D eigenvalue weighted by molar-refractivity contribution is -0.121. The van der Waals surface area contributed by atoms with E-state index in [0.29, 0.717) is 28.0 Å². The Balaban J connectivity index is 1.47. The normalized spacial score (nSPS) is 15.2. The van der Waals surface area contributed by atoms with Gasteiger partial charge in [0, 0.05) is 31.7 Å². The predicted octanol–water partition coefficient (Wildman–Crippen LogP) is 4.33. The summed E-state index contributed by atoms with van der Waals surface area (Å²) in [6, 6.07) is 11.5. The summed E-state index contributed by atoms with van der Waals surface area (Å²) in [6.45, 7) is 2.69. The number of hydrogen-bond acceptors (Lipinski definition) is 4. The Hall–Kier alpha value is -1.95. The number of carbonyl (C=O) groups excluding carboxylic acids is 1. The second kappa shape index (κ2) is 10.2. The molecule has 1 aliphatic rings. The molecule has 1 fully saturated rings. The zero-order valence-electron chi connectivity index (χ0n) is 16.7. The van der Waals surface area contributed by atoms with Crippen molar-refractivity contribution < 1.29 is 14.3 Å². The number of hydrogen-bond donors (Lipinski definition) is 1. The van der Waals surface area contributed by atoms with Crippen LogP contribution in [0.15, 0.2) is 36.4 Å². The van der Waals surface area contributed by atoms with Crippen molar-refractivity contribution in [3.8, 4) is 11.5 Å². The van der Waals surface area contributed by atoms with Gasteiger partial charge in [-0.15, -0.1) is 0 Å². The van der Waals surface area contributed by atoms with Gasteiger partial charge in [-0.3, -0.25) is 9.69 Å². The third-order valence-electron chi connectivity index (χ3n) is 5.12. The Bertz CT molecular complexity index is 830. The maximum atomic E-state index is 12.5. The van der Waals surface area contributed by atoms with Crippen LogP contribution in [-0.4, -0.2) is 44.2 Å². The quantitative estimate of drug-likeness (QED) is 0.701. The predicted molar refractivity (Wildman–Crippen MR) is 116 cm³/mol. The SMILES string of the molecule is COc1cc(CC(=O)NC2CCN(Cc3ccc(Cl)c(Cl)c3)CC2)cc(OC)c1. The first kappa shape index (κ1) is 21.8. The summed E-state index contributed by atoms with van der Waals surface area (Å²) in [7, 11) is 3.20. The number of methoxy groups -OCH3 is 2. The summed E-state index contributed by atoms with van der Waals surface area (Å²) in [5.74, 6) is 1.38. The van der Waals surface area contributed by atoms with Gasteiger partial charge in [-0.1, -0.05) is 29.3 Å². The number of halogens is 2. The molecular weight excluding hydrogens is 411 g/mol. The molecule has 7 heteroatoms. The lowest BCUT2D eigenvalue weighted by Gasteiger charge is -2.32. The van der Waals surface area contributed by atoms with Crippen molar-refractivity contribution in [2.45, 2.75) is 31.8 Å². The van der Waals surface area contributed by atoms with Crippen LogP contribution >= 0.6 is 23.2 Å². The summed E-state index contributed by atoms with van der Waals surface area (Å²) in [6.07, 6.45) is 2.15. The minimum absolute atomic E-state index is 0.0169. The lowest BCUT2D eigenvalue weighted by atomic mass is 10.0. The van der Waals surface area contributed by atoms with Crippen LogP contribution in [0.5, 0.6) is 11.5 Å². The highest BCUT2D eigenvalue weighted by molar-refractivity contribution is 6.42. The van der Waals surface area contributed by atoms with Gasteiger partial charge >= 0.3 is 0 Å². The van der Waals surface area contributed by atoms with Crippen LogP contribution in [0.1, 0.15) is 24.0 Å². The number of piperidine rings is 1. The highest BCUT2D eigenvalue weighted by atomic mass is 35.5. The third kappa shape index (κ3) is 6.26. The van der Waals surface area contributed by atoms with Gasteiger partial charge in [-0.2, -0.15) is 0 Å². The van der Waals surface area contributed by atoms with E-state index in [0.717, 1.165) is 43.6 Å². The number of rotatable bonds is 7. The zero-order valence-corrected chi connectivity index (χ0v) is 18.2. The largest absolute Gasteiger partial charge is 0.497 e. The van der Waals surface area contributed by atoms with Gasteiger partial charge in [0.15, 0.2) is 0 Å². The van der Waals surface area contributed by atoms with Crippen LogP contribution in [0.2, 0.25) is 10.0 Å². The first-order chi connectivity index (χ1) is 14.0. The number of likely N-dealkylation sites (tertiary alicyclic amines) is 1. The van der Waals surface area contributed by atoms with Crippen LogP contribution < -0.4 is 14.8 Å². The average molecular weight is 437 g/mol. The molecule has 1 saturated heterocycles. The third-order valence-corrected chi connectivity index (χ3v) is 5.86. The highest BCUT2D eigenvalue weighted by Gasteiger charge is 2.21. The molecule has 0 unspecified atom stereocenters. The van der Waals surface area contributed by atoms with Gasteiger partial charge in [-0.25, -0.2) is 0 Å². The second-order valence-electron chi connectivity index (χ2n) is 7.26. The van der Waals surface area contributed by atoms with Crippen molar-refractivity contribution in [3.63, 3.8) is 0 Å². The van der Waals surface area contributed by atoms with Gasteiger partial charge in [0.05, 0.1) is 30.7 Å². The second-order valence-corrected chi connectivity index (χ2v) is 8.08. The summed E-state index contributed by atoms with van der Waals surface area (Å²) in [5, 5.41) is 4.32. The lowest BCUT2D eigenvalue weighted by Crippen LogP contribution is -2.44. The van der Waals surface area contributed by atoms with E-state index in [1.54, 1.807) is 20.3 Å². The topological polar surface area (TPSA) is 50.8 Å². The fourth-order valence-electron chi connectivity index (χ4n) is 3.56.